The van der Waals surface area contributed by atoms with Gasteiger partial charge in [-0.15, -0.1) is 6.42 Å². The predicted octanol–water partition coefficient (Wildman–Crippen LogP) is 4.41. The lowest BCUT2D eigenvalue weighted by molar-refractivity contribution is -0.137. The van der Waals surface area contributed by atoms with E-state index in [4.69, 9.17) is 15.9 Å². The molecule has 0 atom stereocenters. The molecule has 0 saturated carbocycles. The van der Waals surface area contributed by atoms with Gasteiger partial charge in [-0.2, -0.15) is 5.10 Å². The van der Waals surface area contributed by atoms with Crippen molar-refractivity contribution in [1.82, 2.24) is 5.01 Å². The summed E-state index contributed by atoms with van der Waals surface area (Å²) in [4.78, 5) is 12.7. The Kier molecular flexibility index (Phi) is 6.16. The number of ether oxygens (including phenoxy) is 2. The van der Waals surface area contributed by atoms with Crippen LogP contribution in [0, 0.1) is 12.3 Å². The van der Waals surface area contributed by atoms with Crippen LogP contribution in [0.3, 0.4) is 0 Å². The highest BCUT2D eigenvalue weighted by Gasteiger charge is 2.35. The Bertz CT molecular complexity index is 1040. The second-order valence-electron chi connectivity index (χ2n) is 6.21. The molecule has 0 amide bonds. The van der Waals surface area contributed by atoms with Crippen molar-refractivity contribution >= 4 is 23.6 Å². The van der Waals surface area contributed by atoms with E-state index in [1.807, 2.05) is 61.5 Å². The molecule has 0 N–H and O–H groups in total. The molecule has 0 aromatic heterocycles. The van der Waals surface area contributed by atoms with E-state index in [1.165, 1.54) is 12.1 Å². The SMILES string of the molecule is C#Cc1ccc2c(c1)/C(=C\C)N(/N=C\C)C(C(=O)OC)=C2OCc1ccccc1. The maximum absolute atomic E-state index is 12.7. The van der Waals surface area contributed by atoms with Crippen LogP contribution in [0.15, 0.2) is 65.4 Å². The van der Waals surface area contributed by atoms with Gasteiger partial charge in [0.05, 0.1) is 12.8 Å². The molecular weight excluding hydrogens is 364 g/mol. The molecule has 0 radical (unpaired) electrons. The van der Waals surface area contributed by atoms with Gasteiger partial charge in [0.25, 0.3) is 0 Å². The molecule has 2 aromatic rings. The number of fused-ring (bicyclic) bond motifs is 1. The molecule has 146 valence electrons. The molecule has 1 aliphatic heterocycles. The fourth-order valence-corrected chi connectivity index (χ4v) is 3.17. The first-order chi connectivity index (χ1) is 14.1. The summed E-state index contributed by atoms with van der Waals surface area (Å²) in [5.74, 6) is 2.51. The molecule has 5 heteroatoms. The van der Waals surface area contributed by atoms with Crippen molar-refractivity contribution in [2.75, 3.05) is 7.11 Å². The third-order valence-corrected chi connectivity index (χ3v) is 4.47. The van der Waals surface area contributed by atoms with Crippen LogP contribution >= 0.6 is 0 Å². The van der Waals surface area contributed by atoms with Crippen LogP contribution < -0.4 is 0 Å². The third kappa shape index (κ3) is 3.92. The topological polar surface area (TPSA) is 51.1 Å². The van der Waals surface area contributed by atoms with E-state index in [0.29, 0.717) is 12.4 Å². The van der Waals surface area contributed by atoms with Crippen molar-refractivity contribution in [3.8, 4) is 12.3 Å². The molecule has 3 rings (SSSR count). The van der Waals surface area contributed by atoms with Gasteiger partial charge in [-0.1, -0.05) is 42.3 Å². The first kappa shape index (κ1) is 20.0. The highest BCUT2D eigenvalue weighted by atomic mass is 16.5. The summed E-state index contributed by atoms with van der Waals surface area (Å²) in [6.45, 7) is 3.95. The van der Waals surface area contributed by atoms with Crippen LogP contribution in [0.2, 0.25) is 0 Å². The van der Waals surface area contributed by atoms with Gasteiger partial charge in [0.1, 0.15) is 6.61 Å². The number of rotatable bonds is 5. The zero-order valence-corrected chi connectivity index (χ0v) is 16.7. The fourth-order valence-electron chi connectivity index (χ4n) is 3.17. The van der Waals surface area contributed by atoms with Gasteiger partial charge in [-0.05, 0) is 37.6 Å². The summed E-state index contributed by atoms with van der Waals surface area (Å²) in [6, 6.07) is 15.3. The maximum Gasteiger partial charge on any atom is 0.360 e. The van der Waals surface area contributed by atoms with Gasteiger partial charge in [0, 0.05) is 22.9 Å². The van der Waals surface area contributed by atoms with E-state index in [2.05, 4.69) is 11.0 Å². The number of hydrazone groups is 1. The Morgan fingerprint density at radius 2 is 1.93 bits per heavy atom. The van der Waals surface area contributed by atoms with E-state index in [0.717, 1.165) is 28.0 Å². The van der Waals surface area contributed by atoms with Crippen molar-refractivity contribution in [2.45, 2.75) is 20.5 Å². The summed E-state index contributed by atoms with van der Waals surface area (Å²) < 4.78 is 11.2. The molecule has 0 unspecified atom stereocenters. The first-order valence-electron chi connectivity index (χ1n) is 9.20. The minimum atomic E-state index is -0.537. The van der Waals surface area contributed by atoms with E-state index < -0.39 is 5.97 Å². The van der Waals surface area contributed by atoms with Crippen LogP contribution in [-0.2, 0) is 20.9 Å². The average molecular weight is 386 g/mol. The lowest BCUT2D eigenvalue weighted by Crippen LogP contribution is -2.29. The van der Waals surface area contributed by atoms with Crippen molar-refractivity contribution in [3.63, 3.8) is 0 Å². The molecule has 2 aromatic carbocycles. The van der Waals surface area contributed by atoms with Crippen molar-refractivity contribution in [2.24, 2.45) is 5.10 Å². The number of hydrogen-bond acceptors (Lipinski definition) is 5. The number of nitrogens with zero attached hydrogens (tertiary/aromatic N) is 2. The van der Waals surface area contributed by atoms with Gasteiger partial charge < -0.3 is 9.47 Å². The van der Waals surface area contributed by atoms with Crippen LogP contribution in [0.1, 0.15) is 36.1 Å². The molecule has 0 fully saturated rings. The second-order valence-corrected chi connectivity index (χ2v) is 6.21. The van der Waals surface area contributed by atoms with Crippen molar-refractivity contribution in [1.29, 1.82) is 0 Å². The summed E-state index contributed by atoms with van der Waals surface area (Å²) in [5.41, 5.74) is 4.25. The summed E-state index contributed by atoms with van der Waals surface area (Å²) in [5, 5.41) is 5.93. The normalized spacial score (nSPS) is 14.7. The molecule has 1 heterocycles. The number of hydrogen-bond donors (Lipinski definition) is 0. The minimum Gasteiger partial charge on any atom is -0.486 e. The summed E-state index contributed by atoms with van der Waals surface area (Å²) in [7, 11) is 1.34. The molecule has 0 bridgehead atoms. The Balaban J connectivity index is 2.22. The Hall–Kier alpha value is -3.78. The average Bonchev–Trinajstić information content (AvgIpc) is 2.77. The van der Waals surface area contributed by atoms with E-state index in [-0.39, 0.29) is 5.70 Å². The maximum atomic E-state index is 12.7. The number of carbonyl (C=O) groups excluding carboxylic acids is 1. The zero-order chi connectivity index (χ0) is 20.8. The van der Waals surface area contributed by atoms with Crippen molar-refractivity contribution < 1.29 is 14.3 Å². The standard InChI is InChI=1S/C24H22N2O3/c1-5-17-13-14-19-20(15-17)21(6-2)26(25-7-3)22(24(27)28-4)23(19)29-16-18-11-9-8-10-12-18/h1,6-15H,16H2,2-4H3/b21-6+,25-7-. The molecule has 0 saturated heterocycles. The number of allylic oxidation sites excluding steroid dienone is 1. The summed E-state index contributed by atoms with van der Waals surface area (Å²) >= 11 is 0. The lowest BCUT2D eigenvalue weighted by atomic mass is 9.94. The Morgan fingerprint density at radius 1 is 1.17 bits per heavy atom. The van der Waals surface area contributed by atoms with Crippen LogP contribution in [0.4, 0.5) is 0 Å². The predicted molar refractivity (Wildman–Crippen MR) is 114 cm³/mol. The van der Waals surface area contributed by atoms with Gasteiger partial charge in [-0.25, -0.2) is 9.80 Å². The summed E-state index contributed by atoms with van der Waals surface area (Å²) in [6.07, 6.45) is 9.09. The lowest BCUT2D eigenvalue weighted by Gasteiger charge is -2.32. The number of terminal acetylenes is 1. The number of esters is 1. The number of carbonyl (C=O) groups is 1. The molecular formula is C24H22N2O3. The van der Waals surface area contributed by atoms with E-state index >= 15 is 0 Å². The van der Waals surface area contributed by atoms with Crippen molar-refractivity contribution in [3.05, 3.63) is 82.6 Å². The van der Waals surface area contributed by atoms with Gasteiger partial charge in [0.15, 0.2) is 11.5 Å². The van der Waals surface area contributed by atoms with Crippen LogP contribution in [0.5, 0.6) is 0 Å². The number of methoxy groups -OCH3 is 1. The van der Waals surface area contributed by atoms with Crippen LogP contribution in [0.25, 0.3) is 11.5 Å². The smallest absolute Gasteiger partial charge is 0.360 e. The highest BCUT2D eigenvalue weighted by molar-refractivity contribution is 6.01. The third-order valence-electron chi connectivity index (χ3n) is 4.47. The molecule has 0 aliphatic carbocycles. The highest BCUT2D eigenvalue weighted by Crippen LogP contribution is 2.40. The van der Waals surface area contributed by atoms with E-state index in [1.54, 1.807) is 13.1 Å². The monoisotopic (exact) mass is 386 g/mol. The number of benzene rings is 2. The largest absolute Gasteiger partial charge is 0.486 e. The molecule has 5 nitrogen and oxygen atoms in total. The fraction of sp³-hybridized carbons (Fsp3) is 0.167. The second kappa shape index (κ2) is 8.94. The molecule has 29 heavy (non-hydrogen) atoms. The quantitative estimate of drug-likeness (QED) is 0.434. The van der Waals surface area contributed by atoms with E-state index in [9.17, 15) is 4.79 Å². The zero-order valence-electron chi connectivity index (χ0n) is 16.7. The minimum absolute atomic E-state index is 0.218. The molecule has 1 aliphatic rings. The van der Waals surface area contributed by atoms with Gasteiger partial charge in [0.2, 0.25) is 0 Å². The Labute approximate surface area is 170 Å². The van der Waals surface area contributed by atoms with Crippen LogP contribution in [-0.4, -0.2) is 24.3 Å². The first-order valence-corrected chi connectivity index (χ1v) is 9.20. The Morgan fingerprint density at radius 3 is 2.55 bits per heavy atom. The molecule has 0 spiro atoms. The van der Waals surface area contributed by atoms with Gasteiger partial charge >= 0.3 is 5.97 Å². The van der Waals surface area contributed by atoms with Gasteiger partial charge in [-0.3, -0.25) is 0 Å².